The topological polar surface area (TPSA) is 12.9 Å². The summed E-state index contributed by atoms with van der Waals surface area (Å²) in [5, 5.41) is 3.80. The number of benzene rings is 3. The van der Waals surface area contributed by atoms with Gasteiger partial charge in [0.25, 0.3) is 0 Å². The molecule has 0 fully saturated rings. The van der Waals surface area contributed by atoms with Crippen LogP contribution in [-0.4, -0.2) is 4.98 Å². The third-order valence-corrected chi connectivity index (χ3v) is 4.30. The van der Waals surface area contributed by atoms with Crippen LogP contribution in [0.25, 0.3) is 32.8 Å². The van der Waals surface area contributed by atoms with E-state index in [1.165, 1.54) is 32.8 Å². The lowest BCUT2D eigenvalue weighted by Crippen LogP contribution is -1.92. The van der Waals surface area contributed by atoms with Crippen molar-refractivity contribution in [2.45, 2.75) is 13.3 Å². The molecule has 0 bridgehead atoms. The van der Waals surface area contributed by atoms with Gasteiger partial charge in [0.1, 0.15) is 0 Å². The molecule has 106 valence electrons. The molecule has 0 spiro atoms. The van der Waals surface area contributed by atoms with Crippen molar-refractivity contribution in [2.24, 2.45) is 0 Å². The van der Waals surface area contributed by atoms with Gasteiger partial charge < -0.3 is 0 Å². The van der Waals surface area contributed by atoms with Crippen molar-refractivity contribution in [3.63, 3.8) is 0 Å². The second-order valence-electron chi connectivity index (χ2n) is 5.55. The van der Waals surface area contributed by atoms with Gasteiger partial charge in [0, 0.05) is 17.0 Å². The number of nitrogens with zero attached hydrogens (tertiary/aromatic N) is 1. The minimum absolute atomic E-state index is 1.01. The molecule has 0 aliphatic rings. The summed E-state index contributed by atoms with van der Waals surface area (Å²) in [6.45, 7) is 2.23. The maximum absolute atomic E-state index is 4.59. The van der Waals surface area contributed by atoms with Gasteiger partial charge in [-0.05, 0) is 34.6 Å². The number of aromatic nitrogens is 1. The monoisotopic (exact) mass is 283 g/mol. The molecule has 4 aromatic rings. The van der Waals surface area contributed by atoms with Crippen molar-refractivity contribution in [1.29, 1.82) is 0 Å². The fourth-order valence-electron chi connectivity index (χ4n) is 3.28. The zero-order chi connectivity index (χ0) is 14.9. The van der Waals surface area contributed by atoms with Crippen molar-refractivity contribution in [2.75, 3.05) is 0 Å². The summed E-state index contributed by atoms with van der Waals surface area (Å²) in [7, 11) is 0. The number of para-hydroxylation sites is 1. The van der Waals surface area contributed by atoms with Crippen molar-refractivity contribution in [3.8, 4) is 11.1 Å². The van der Waals surface area contributed by atoms with E-state index in [-0.39, 0.29) is 0 Å². The van der Waals surface area contributed by atoms with Crippen LogP contribution in [0.3, 0.4) is 0 Å². The second kappa shape index (κ2) is 5.27. The molecule has 1 nitrogen and oxygen atoms in total. The predicted molar refractivity (Wildman–Crippen MR) is 94.1 cm³/mol. The van der Waals surface area contributed by atoms with E-state index in [4.69, 9.17) is 0 Å². The molecular formula is C21H17N. The van der Waals surface area contributed by atoms with Gasteiger partial charge in [-0.25, -0.2) is 0 Å². The summed E-state index contributed by atoms with van der Waals surface area (Å²) < 4.78 is 0. The van der Waals surface area contributed by atoms with Gasteiger partial charge in [-0.1, -0.05) is 67.6 Å². The fourth-order valence-corrected chi connectivity index (χ4v) is 3.28. The van der Waals surface area contributed by atoms with E-state index >= 15 is 0 Å². The largest absolute Gasteiger partial charge is 0.256 e. The lowest BCUT2D eigenvalue weighted by molar-refractivity contribution is 1.16. The number of fused-ring (bicyclic) bond motifs is 3. The fraction of sp³-hybridized carbons (Fsp3) is 0.0952. The Morgan fingerprint density at radius 2 is 1.59 bits per heavy atom. The number of hydrogen-bond donors (Lipinski definition) is 0. The third kappa shape index (κ3) is 1.98. The molecule has 0 saturated carbocycles. The van der Waals surface area contributed by atoms with Crippen molar-refractivity contribution < 1.29 is 0 Å². The normalized spacial score (nSPS) is 11.1. The Labute approximate surface area is 130 Å². The van der Waals surface area contributed by atoms with Crippen LogP contribution in [0.2, 0.25) is 0 Å². The van der Waals surface area contributed by atoms with E-state index < -0.39 is 0 Å². The van der Waals surface area contributed by atoms with Crippen LogP contribution >= 0.6 is 0 Å². The molecule has 1 heterocycles. The highest BCUT2D eigenvalue weighted by Crippen LogP contribution is 2.34. The van der Waals surface area contributed by atoms with Crippen LogP contribution in [-0.2, 0) is 6.42 Å². The quantitative estimate of drug-likeness (QED) is 0.435. The molecule has 22 heavy (non-hydrogen) atoms. The number of hydrogen-bond acceptors (Lipinski definition) is 1. The molecule has 0 aliphatic carbocycles. The SMILES string of the molecule is CCc1c(-c2ccccc2)ccc2cnc3ccccc3c12. The molecule has 0 radical (unpaired) electrons. The molecule has 0 saturated heterocycles. The highest BCUT2D eigenvalue weighted by Gasteiger charge is 2.11. The second-order valence-corrected chi connectivity index (χ2v) is 5.55. The van der Waals surface area contributed by atoms with Crippen molar-refractivity contribution in [1.82, 2.24) is 4.98 Å². The van der Waals surface area contributed by atoms with E-state index in [0.717, 1.165) is 11.9 Å². The summed E-state index contributed by atoms with van der Waals surface area (Å²) in [6, 6.07) is 23.5. The number of rotatable bonds is 2. The summed E-state index contributed by atoms with van der Waals surface area (Å²) in [5.74, 6) is 0. The van der Waals surface area contributed by atoms with Crippen LogP contribution in [0.1, 0.15) is 12.5 Å². The minimum atomic E-state index is 1.01. The molecule has 3 aromatic carbocycles. The van der Waals surface area contributed by atoms with Gasteiger partial charge in [-0.15, -0.1) is 0 Å². The predicted octanol–water partition coefficient (Wildman–Crippen LogP) is 5.62. The molecule has 0 atom stereocenters. The zero-order valence-corrected chi connectivity index (χ0v) is 12.6. The summed E-state index contributed by atoms with van der Waals surface area (Å²) in [4.78, 5) is 4.59. The van der Waals surface area contributed by atoms with Gasteiger partial charge in [0.2, 0.25) is 0 Å². The lowest BCUT2D eigenvalue weighted by atomic mass is 9.91. The van der Waals surface area contributed by atoms with E-state index in [1.807, 2.05) is 12.3 Å². The van der Waals surface area contributed by atoms with Gasteiger partial charge in [-0.2, -0.15) is 0 Å². The molecular weight excluding hydrogens is 266 g/mol. The highest BCUT2D eigenvalue weighted by atomic mass is 14.6. The number of aryl methyl sites for hydroxylation is 1. The van der Waals surface area contributed by atoms with Gasteiger partial charge >= 0.3 is 0 Å². The standard InChI is InChI=1S/C21H17N/c1-2-17-18(15-8-4-3-5-9-15)13-12-16-14-22-20-11-7-6-10-19(20)21(16)17/h3-14H,2H2,1H3. The summed E-state index contributed by atoms with van der Waals surface area (Å²) in [5.41, 5.74) is 5.08. The maximum atomic E-state index is 4.59. The van der Waals surface area contributed by atoms with E-state index in [1.54, 1.807) is 0 Å². The Morgan fingerprint density at radius 3 is 2.41 bits per heavy atom. The Balaban J connectivity index is 2.15. The highest BCUT2D eigenvalue weighted by molar-refractivity contribution is 6.09. The number of pyridine rings is 1. The summed E-state index contributed by atoms with van der Waals surface area (Å²) >= 11 is 0. The Hall–Kier alpha value is -2.67. The van der Waals surface area contributed by atoms with Crippen molar-refractivity contribution in [3.05, 3.63) is 78.5 Å². The smallest absolute Gasteiger partial charge is 0.0708 e. The molecule has 0 unspecified atom stereocenters. The van der Waals surface area contributed by atoms with Gasteiger partial charge in [0.15, 0.2) is 0 Å². The lowest BCUT2D eigenvalue weighted by Gasteiger charge is -2.14. The Bertz CT molecular complexity index is 955. The molecule has 1 aromatic heterocycles. The molecule has 0 amide bonds. The van der Waals surface area contributed by atoms with Crippen LogP contribution in [0, 0.1) is 0 Å². The van der Waals surface area contributed by atoms with E-state index in [2.05, 4.69) is 72.6 Å². The molecule has 0 aliphatic heterocycles. The Kier molecular flexibility index (Phi) is 3.12. The van der Waals surface area contributed by atoms with Crippen LogP contribution < -0.4 is 0 Å². The minimum Gasteiger partial charge on any atom is -0.256 e. The van der Waals surface area contributed by atoms with Crippen LogP contribution in [0.15, 0.2) is 72.9 Å². The first-order valence-corrected chi connectivity index (χ1v) is 7.73. The van der Waals surface area contributed by atoms with Gasteiger partial charge in [0.05, 0.1) is 5.52 Å². The average Bonchev–Trinajstić information content (AvgIpc) is 2.61. The third-order valence-electron chi connectivity index (χ3n) is 4.30. The molecule has 4 rings (SSSR count). The van der Waals surface area contributed by atoms with Crippen LogP contribution in [0.5, 0.6) is 0 Å². The first-order valence-electron chi connectivity index (χ1n) is 7.73. The van der Waals surface area contributed by atoms with Crippen molar-refractivity contribution >= 4 is 21.7 Å². The molecule has 0 N–H and O–H groups in total. The van der Waals surface area contributed by atoms with E-state index in [9.17, 15) is 0 Å². The van der Waals surface area contributed by atoms with Crippen LogP contribution in [0.4, 0.5) is 0 Å². The van der Waals surface area contributed by atoms with Gasteiger partial charge in [-0.3, -0.25) is 4.98 Å². The Morgan fingerprint density at radius 1 is 0.818 bits per heavy atom. The maximum Gasteiger partial charge on any atom is 0.0708 e. The zero-order valence-electron chi connectivity index (χ0n) is 12.6. The first-order chi connectivity index (χ1) is 10.9. The molecule has 1 heteroatoms. The average molecular weight is 283 g/mol. The summed E-state index contributed by atoms with van der Waals surface area (Å²) in [6.07, 6.45) is 3.00. The first kappa shape index (κ1) is 13.0. The van der Waals surface area contributed by atoms with E-state index in [0.29, 0.717) is 0 Å².